The average molecular weight is 677 g/mol. The molecule has 1 aromatic rings. The van der Waals surface area contributed by atoms with Crippen LogP contribution in [-0.4, -0.2) is 86.0 Å². The number of benzene rings is 1. The van der Waals surface area contributed by atoms with Crippen LogP contribution in [0.5, 0.6) is 5.75 Å². The minimum Gasteiger partial charge on any atom is -0.492 e. The first kappa shape index (κ1) is 38.5. The minimum atomic E-state index is -2.38. The van der Waals surface area contributed by atoms with Crippen LogP contribution in [0, 0.1) is 5.41 Å². The lowest BCUT2D eigenvalue weighted by atomic mass is 9.75. The van der Waals surface area contributed by atoms with Crippen molar-refractivity contribution in [2.45, 2.75) is 110 Å². The van der Waals surface area contributed by atoms with E-state index in [1.807, 2.05) is 0 Å². The van der Waals surface area contributed by atoms with E-state index in [-0.39, 0.29) is 55.8 Å². The van der Waals surface area contributed by atoms with Crippen LogP contribution in [-0.2, 0) is 47.6 Å². The van der Waals surface area contributed by atoms with Gasteiger partial charge in [0.05, 0.1) is 31.7 Å². The number of hydrogen-bond acceptors (Lipinski definition) is 13. The van der Waals surface area contributed by atoms with E-state index >= 15 is 0 Å². The Morgan fingerprint density at radius 1 is 1.06 bits per heavy atom. The Morgan fingerprint density at radius 2 is 1.79 bits per heavy atom. The summed E-state index contributed by atoms with van der Waals surface area (Å²) in [5.41, 5.74) is -1.22. The molecular weight excluding hydrogens is 628 g/mol. The van der Waals surface area contributed by atoms with Gasteiger partial charge >= 0.3 is 29.8 Å². The maximum Gasteiger partial charge on any atom is 0.341 e. The number of rotatable bonds is 10. The van der Waals surface area contributed by atoms with Crippen molar-refractivity contribution >= 4 is 29.8 Å². The first-order chi connectivity index (χ1) is 22.8. The number of cyclic esters (lactones) is 2. The molecule has 0 amide bonds. The van der Waals surface area contributed by atoms with Gasteiger partial charge in [-0.15, -0.1) is 0 Å². The van der Waals surface area contributed by atoms with E-state index in [0.29, 0.717) is 6.42 Å². The van der Waals surface area contributed by atoms with Crippen molar-refractivity contribution in [3.8, 4) is 5.75 Å². The fourth-order valence-electron chi connectivity index (χ4n) is 5.52. The van der Waals surface area contributed by atoms with Gasteiger partial charge in [-0.1, -0.05) is 58.6 Å². The summed E-state index contributed by atoms with van der Waals surface area (Å²) in [6, 6.07) is 6.30. The second kappa shape index (κ2) is 18.0. The monoisotopic (exact) mass is 676 g/mol. The quantitative estimate of drug-likeness (QED) is 0.161. The van der Waals surface area contributed by atoms with Crippen LogP contribution in [0.3, 0.4) is 0 Å². The van der Waals surface area contributed by atoms with Gasteiger partial charge in [0, 0.05) is 25.8 Å². The molecular formula is C35H48O13. The van der Waals surface area contributed by atoms with Crippen LogP contribution in [0.15, 0.2) is 35.9 Å². The van der Waals surface area contributed by atoms with E-state index < -0.39 is 66.0 Å². The highest BCUT2D eigenvalue weighted by atomic mass is 16.7. The number of aliphatic hydroxyl groups is 1. The van der Waals surface area contributed by atoms with Crippen LogP contribution in [0.2, 0.25) is 0 Å². The predicted octanol–water partition coefficient (Wildman–Crippen LogP) is 4.37. The van der Waals surface area contributed by atoms with Crippen molar-refractivity contribution in [3.05, 3.63) is 41.5 Å². The highest BCUT2D eigenvalue weighted by Gasteiger charge is 2.59. The van der Waals surface area contributed by atoms with Gasteiger partial charge in [0.1, 0.15) is 30.6 Å². The number of unbranched alkanes of at least 4 members (excludes halogenated alkanes) is 4. The van der Waals surface area contributed by atoms with Gasteiger partial charge in [0.25, 0.3) is 0 Å². The van der Waals surface area contributed by atoms with Gasteiger partial charge in [-0.2, -0.15) is 0 Å². The van der Waals surface area contributed by atoms with Crippen LogP contribution in [0.25, 0.3) is 0 Å². The van der Waals surface area contributed by atoms with Crippen molar-refractivity contribution in [1.29, 1.82) is 0 Å². The van der Waals surface area contributed by atoms with Crippen LogP contribution in [0.4, 0.5) is 0 Å². The van der Waals surface area contributed by atoms with Crippen LogP contribution < -0.4 is 4.74 Å². The molecule has 2 heterocycles. The molecule has 2 aliphatic heterocycles. The van der Waals surface area contributed by atoms with Crippen molar-refractivity contribution in [1.82, 2.24) is 0 Å². The highest BCUT2D eigenvalue weighted by Crippen LogP contribution is 2.46. The third kappa shape index (κ3) is 10.8. The molecule has 0 aromatic heterocycles. The zero-order valence-electron chi connectivity index (χ0n) is 28.5. The first-order valence-electron chi connectivity index (χ1n) is 16.4. The Hall–Kier alpha value is -3.97. The molecule has 0 unspecified atom stereocenters. The smallest absolute Gasteiger partial charge is 0.341 e. The number of fused-ring (bicyclic) bond motifs is 3. The molecule has 266 valence electrons. The van der Waals surface area contributed by atoms with E-state index in [1.165, 1.54) is 20.1 Å². The van der Waals surface area contributed by atoms with E-state index in [2.05, 4.69) is 6.92 Å². The molecule has 0 radical (unpaired) electrons. The van der Waals surface area contributed by atoms with Gasteiger partial charge in [-0.3, -0.25) is 14.4 Å². The number of carbonyl (C=O) groups excluding carboxylic acids is 5. The lowest BCUT2D eigenvalue weighted by molar-refractivity contribution is -0.340. The Labute approximate surface area is 281 Å². The summed E-state index contributed by atoms with van der Waals surface area (Å²) in [7, 11) is 1.18. The van der Waals surface area contributed by atoms with Gasteiger partial charge in [-0.25, -0.2) is 9.59 Å². The second-order valence-corrected chi connectivity index (χ2v) is 12.6. The number of esters is 5. The molecule has 4 atom stereocenters. The standard InChI is InChI=1S/C35H48O13/c1-6-7-8-9-10-15-29(37)47-32-24(19-31(39)42-5)18-25-20-26(21-44-23(2)36)46-30(38)16-17-43-28-14-12-11-13-27(28)33(40)45-22-34(3,4)35(32,41)48-25/h11-14,19,25-26,32,41H,6-10,15-18,20-22H2,1-5H3/b24-19+/t25-,26+,32-,35+/m0/s1. The maximum absolute atomic E-state index is 13.3. The molecule has 2 bridgehead atoms. The molecule has 0 aliphatic carbocycles. The summed E-state index contributed by atoms with van der Waals surface area (Å²) in [6.45, 7) is 5.58. The number of ether oxygens (including phenoxy) is 7. The Kier molecular flexibility index (Phi) is 14.4. The highest BCUT2D eigenvalue weighted by molar-refractivity contribution is 5.92. The summed E-state index contributed by atoms with van der Waals surface area (Å²) in [5.74, 6) is -5.64. The molecule has 48 heavy (non-hydrogen) atoms. The largest absolute Gasteiger partial charge is 0.492 e. The number of hydrogen-bond donors (Lipinski definition) is 1. The summed E-state index contributed by atoms with van der Waals surface area (Å²) in [5, 5.41) is 12.5. The Balaban J connectivity index is 2.06. The van der Waals surface area contributed by atoms with Crippen LogP contribution >= 0.6 is 0 Å². The van der Waals surface area contributed by atoms with Gasteiger partial charge in [0.15, 0.2) is 6.10 Å². The summed E-state index contributed by atoms with van der Waals surface area (Å²) >= 11 is 0. The molecule has 2 aliphatic rings. The van der Waals surface area contributed by atoms with Gasteiger partial charge in [-0.05, 0) is 30.5 Å². The van der Waals surface area contributed by atoms with Crippen molar-refractivity contribution < 1.29 is 62.2 Å². The zero-order chi connectivity index (χ0) is 35.3. The third-order valence-corrected chi connectivity index (χ3v) is 8.24. The third-order valence-electron chi connectivity index (χ3n) is 8.24. The zero-order valence-corrected chi connectivity index (χ0v) is 28.5. The summed E-state index contributed by atoms with van der Waals surface area (Å²) in [4.78, 5) is 63.6. The fraction of sp³-hybridized carbons (Fsp3) is 0.629. The molecule has 3 rings (SSSR count). The molecule has 1 fully saturated rings. The number of methoxy groups -OCH3 is 1. The van der Waals surface area contributed by atoms with E-state index in [0.717, 1.165) is 31.8 Å². The van der Waals surface area contributed by atoms with Crippen molar-refractivity contribution in [3.63, 3.8) is 0 Å². The molecule has 0 saturated carbocycles. The lowest BCUT2D eigenvalue weighted by Gasteiger charge is -2.51. The van der Waals surface area contributed by atoms with E-state index in [1.54, 1.807) is 32.0 Å². The van der Waals surface area contributed by atoms with Crippen molar-refractivity contribution in [2.24, 2.45) is 5.41 Å². The second-order valence-electron chi connectivity index (χ2n) is 12.6. The summed E-state index contributed by atoms with van der Waals surface area (Å²) in [6.07, 6.45) is 1.80. The van der Waals surface area contributed by atoms with E-state index in [9.17, 15) is 29.1 Å². The Bertz CT molecular complexity index is 1320. The molecule has 13 heteroatoms. The normalized spacial score (nSPS) is 25.5. The maximum atomic E-state index is 13.3. The molecule has 1 N–H and O–H groups in total. The molecule has 1 saturated heterocycles. The molecule has 13 nitrogen and oxygen atoms in total. The lowest BCUT2D eigenvalue weighted by Crippen LogP contribution is -2.63. The topological polar surface area (TPSA) is 170 Å². The van der Waals surface area contributed by atoms with Crippen molar-refractivity contribution in [2.75, 3.05) is 26.9 Å². The van der Waals surface area contributed by atoms with E-state index in [4.69, 9.17) is 33.2 Å². The SMILES string of the molecule is CCCCCCCC(=O)O[C@H]1/C(=C/C(=O)OC)C[C@H]2C[C@H](COC(C)=O)OC(=O)CCOc3ccccc3C(=O)OCC(C)(C)[C@]1(O)O2. The van der Waals surface area contributed by atoms with Gasteiger partial charge < -0.3 is 38.3 Å². The molecule has 0 spiro atoms. The first-order valence-corrected chi connectivity index (χ1v) is 16.4. The number of para-hydroxylation sites is 1. The Morgan fingerprint density at radius 3 is 2.50 bits per heavy atom. The predicted molar refractivity (Wildman–Crippen MR) is 170 cm³/mol. The number of carbonyl (C=O) groups is 5. The average Bonchev–Trinajstić information content (AvgIpc) is 3.03. The van der Waals surface area contributed by atoms with Gasteiger partial charge in [0.2, 0.25) is 5.79 Å². The molecule has 1 aromatic carbocycles. The fourth-order valence-corrected chi connectivity index (χ4v) is 5.52. The minimum absolute atomic E-state index is 0.0493. The summed E-state index contributed by atoms with van der Waals surface area (Å²) < 4.78 is 39.3. The van der Waals surface area contributed by atoms with Crippen LogP contribution in [0.1, 0.15) is 95.8 Å².